The molecule has 1 amide bonds. The fraction of sp³-hybridized carbons (Fsp3) is 0.333. The van der Waals surface area contributed by atoms with Crippen molar-refractivity contribution in [3.8, 4) is 5.69 Å². The number of carbonyl (C=O) groups excluding carboxylic acids is 1. The standard InChI is InChI=1S/C21H24N6O/c1-16(17-4-6-19(7-5-17)27-12-10-23-15-27)25-21(28)18-3-2-11-26(14-18)20-13-22-8-9-24-20/h4-10,12-13,15-16,18H,2-3,11,14H2,1H3,(H,25,28). The Bertz CT molecular complexity index is 894. The van der Waals surface area contributed by atoms with Gasteiger partial charge in [-0.3, -0.25) is 9.78 Å². The van der Waals surface area contributed by atoms with Gasteiger partial charge in [0.25, 0.3) is 0 Å². The second-order valence-corrected chi connectivity index (χ2v) is 7.14. The van der Waals surface area contributed by atoms with Crippen LogP contribution < -0.4 is 10.2 Å². The highest BCUT2D eigenvalue weighted by molar-refractivity contribution is 5.80. The third-order valence-electron chi connectivity index (χ3n) is 5.22. The van der Waals surface area contributed by atoms with Crippen LogP contribution in [0.2, 0.25) is 0 Å². The Kier molecular flexibility index (Phi) is 5.32. The highest BCUT2D eigenvalue weighted by Gasteiger charge is 2.27. The van der Waals surface area contributed by atoms with Crippen LogP contribution in [0.4, 0.5) is 5.82 Å². The van der Waals surface area contributed by atoms with Gasteiger partial charge in [0.05, 0.1) is 24.5 Å². The van der Waals surface area contributed by atoms with Crippen LogP contribution in [0.1, 0.15) is 31.4 Å². The molecule has 0 saturated carbocycles. The summed E-state index contributed by atoms with van der Waals surface area (Å²) in [6.45, 7) is 3.61. The summed E-state index contributed by atoms with van der Waals surface area (Å²) in [4.78, 5) is 27.5. The quantitative estimate of drug-likeness (QED) is 0.741. The summed E-state index contributed by atoms with van der Waals surface area (Å²) in [5.74, 6) is 0.895. The number of imidazole rings is 1. The SMILES string of the molecule is CC(NC(=O)C1CCCN(c2cnccn2)C1)c1ccc(-n2ccnc2)cc1. The van der Waals surface area contributed by atoms with Crippen molar-refractivity contribution >= 4 is 11.7 Å². The van der Waals surface area contributed by atoms with Crippen LogP contribution in [0.3, 0.4) is 0 Å². The second-order valence-electron chi connectivity index (χ2n) is 7.14. The van der Waals surface area contributed by atoms with Gasteiger partial charge in [0.15, 0.2) is 0 Å². The lowest BCUT2D eigenvalue weighted by Crippen LogP contribution is -2.44. The number of piperidine rings is 1. The fourth-order valence-electron chi connectivity index (χ4n) is 3.62. The van der Waals surface area contributed by atoms with Gasteiger partial charge in [-0.1, -0.05) is 12.1 Å². The smallest absolute Gasteiger partial charge is 0.225 e. The van der Waals surface area contributed by atoms with Gasteiger partial charge in [0, 0.05) is 43.6 Å². The number of anilines is 1. The number of benzene rings is 1. The van der Waals surface area contributed by atoms with E-state index in [1.54, 1.807) is 31.1 Å². The molecule has 3 heterocycles. The van der Waals surface area contributed by atoms with Crippen molar-refractivity contribution in [3.63, 3.8) is 0 Å². The van der Waals surface area contributed by atoms with Crippen LogP contribution in [0.15, 0.2) is 61.6 Å². The van der Waals surface area contributed by atoms with Gasteiger partial charge in [-0.2, -0.15) is 0 Å². The van der Waals surface area contributed by atoms with Crippen molar-refractivity contribution in [2.24, 2.45) is 5.92 Å². The average Bonchev–Trinajstić information content (AvgIpc) is 3.29. The van der Waals surface area contributed by atoms with Gasteiger partial charge >= 0.3 is 0 Å². The molecule has 0 bridgehead atoms. The van der Waals surface area contributed by atoms with E-state index >= 15 is 0 Å². The number of aromatic nitrogens is 4. The first-order chi connectivity index (χ1) is 13.7. The third kappa shape index (κ3) is 4.03. The maximum Gasteiger partial charge on any atom is 0.225 e. The van der Waals surface area contributed by atoms with Gasteiger partial charge in [0.2, 0.25) is 5.91 Å². The van der Waals surface area contributed by atoms with Gasteiger partial charge in [0.1, 0.15) is 5.82 Å². The van der Waals surface area contributed by atoms with Gasteiger partial charge in [-0.15, -0.1) is 0 Å². The number of hydrogen-bond donors (Lipinski definition) is 1. The molecule has 1 aliphatic rings. The topological polar surface area (TPSA) is 75.9 Å². The normalized spacial score (nSPS) is 17.9. The summed E-state index contributed by atoms with van der Waals surface area (Å²) in [7, 11) is 0. The number of amides is 1. The van der Waals surface area contributed by atoms with Crippen molar-refractivity contribution in [1.29, 1.82) is 0 Å². The summed E-state index contributed by atoms with van der Waals surface area (Å²) in [5, 5.41) is 3.17. The van der Waals surface area contributed by atoms with E-state index in [1.165, 1.54) is 0 Å². The zero-order valence-electron chi connectivity index (χ0n) is 15.9. The molecule has 2 unspecified atom stereocenters. The minimum atomic E-state index is -0.0452. The summed E-state index contributed by atoms with van der Waals surface area (Å²) >= 11 is 0. The van der Waals surface area contributed by atoms with Gasteiger partial charge < -0.3 is 14.8 Å². The molecule has 0 spiro atoms. The highest BCUT2D eigenvalue weighted by Crippen LogP contribution is 2.22. The Morgan fingerprint density at radius 3 is 2.75 bits per heavy atom. The second kappa shape index (κ2) is 8.21. The van der Waals surface area contributed by atoms with Gasteiger partial charge in [-0.05, 0) is 37.5 Å². The lowest BCUT2D eigenvalue weighted by atomic mass is 9.96. The Labute approximate surface area is 164 Å². The van der Waals surface area contributed by atoms with E-state index in [4.69, 9.17) is 0 Å². The molecule has 7 nitrogen and oxygen atoms in total. The molecule has 1 saturated heterocycles. The Hall–Kier alpha value is -3.22. The molecule has 1 aliphatic heterocycles. The number of carbonyl (C=O) groups is 1. The number of nitrogens with zero attached hydrogens (tertiary/aromatic N) is 5. The van der Waals surface area contributed by atoms with Crippen LogP contribution in [0, 0.1) is 5.92 Å². The first kappa shape index (κ1) is 18.2. The summed E-state index contributed by atoms with van der Waals surface area (Å²) in [5.41, 5.74) is 2.13. The summed E-state index contributed by atoms with van der Waals surface area (Å²) in [6, 6.07) is 8.13. The predicted octanol–water partition coefficient (Wildman–Crippen LogP) is 2.76. The molecular weight excluding hydrogens is 352 g/mol. The molecule has 2 aromatic heterocycles. The molecule has 7 heteroatoms. The van der Waals surface area contributed by atoms with E-state index in [2.05, 4.69) is 25.2 Å². The van der Waals surface area contributed by atoms with Gasteiger partial charge in [-0.25, -0.2) is 9.97 Å². The summed E-state index contributed by atoms with van der Waals surface area (Å²) in [6.07, 6.45) is 12.4. The van der Waals surface area contributed by atoms with Crippen LogP contribution >= 0.6 is 0 Å². The summed E-state index contributed by atoms with van der Waals surface area (Å²) < 4.78 is 1.95. The van der Waals surface area contributed by atoms with E-state index in [0.29, 0.717) is 6.54 Å². The molecule has 0 radical (unpaired) electrons. The first-order valence-electron chi connectivity index (χ1n) is 9.60. The van der Waals surface area contributed by atoms with E-state index in [1.807, 2.05) is 42.0 Å². The molecular formula is C21H24N6O. The van der Waals surface area contributed by atoms with Crippen LogP contribution in [-0.4, -0.2) is 38.5 Å². The Morgan fingerprint density at radius 1 is 1.18 bits per heavy atom. The largest absolute Gasteiger partial charge is 0.355 e. The predicted molar refractivity (Wildman–Crippen MR) is 107 cm³/mol. The maximum atomic E-state index is 12.8. The monoisotopic (exact) mass is 376 g/mol. The number of rotatable bonds is 5. The fourth-order valence-corrected chi connectivity index (χ4v) is 3.62. The van der Waals surface area contributed by atoms with Crippen molar-refractivity contribution in [1.82, 2.24) is 24.8 Å². The minimum absolute atomic E-state index is 0.0385. The Balaban J connectivity index is 1.37. The van der Waals surface area contributed by atoms with E-state index in [9.17, 15) is 4.79 Å². The zero-order valence-corrected chi connectivity index (χ0v) is 15.9. The molecule has 4 rings (SSSR count). The highest BCUT2D eigenvalue weighted by atomic mass is 16.2. The molecule has 1 aromatic carbocycles. The van der Waals surface area contributed by atoms with E-state index < -0.39 is 0 Å². The number of hydrogen-bond acceptors (Lipinski definition) is 5. The van der Waals surface area contributed by atoms with Crippen molar-refractivity contribution in [3.05, 3.63) is 67.1 Å². The molecule has 1 N–H and O–H groups in total. The molecule has 0 aliphatic carbocycles. The third-order valence-corrected chi connectivity index (χ3v) is 5.22. The first-order valence-corrected chi connectivity index (χ1v) is 9.60. The van der Waals surface area contributed by atoms with Crippen molar-refractivity contribution in [2.45, 2.75) is 25.8 Å². The molecule has 2 atom stereocenters. The van der Waals surface area contributed by atoms with E-state index in [-0.39, 0.29) is 17.9 Å². The lowest BCUT2D eigenvalue weighted by molar-refractivity contribution is -0.125. The van der Waals surface area contributed by atoms with Crippen LogP contribution in [0.5, 0.6) is 0 Å². The minimum Gasteiger partial charge on any atom is -0.355 e. The van der Waals surface area contributed by atoms with Crippen LogP contribution in [0.25, 0.3) is 5.69 Å². The molecule has 1 fully saturated rings. The molecule has 28 heavy (non-hydrogen) atoms. The van der Waals surface area contributed by atoms with Crippen molar-refractivity contribution in [2.75, 3.05) is 18.0 Å². The molecule has 144 valence electrons. The van der Waals surface area contributed by atoms with Crippen LogP contribution in [-0.2, 0) is 4.79 Å². The zero-order chi connectivity index (χ0) is 19.3. The lowest BCUT2D eigenvalue weighted by Gasteiger charge is -2.33. The van der Waals surface area contributed by atoms with E-state index in [0.717, 1.165) is 36.5 Å². The maximum absolute atomic E-state index is 12.8. The van der Waals surface area contributed by atoms with Crippen molar-refractivity contribution < 1.29 is 4.79 Å². The molecule has 3 aromatic rings. The number of nitrogens with one attached hydrogen (secondary N) is 1. The average molecular weight is 376 g/mol. The Morgan fingerprint density at radius 2 is 2.04 bits per heavy atom.